The first-order valence-corrected chi connectivity index (χ1v) is 14.3. The van der Waals surface area contributed by atoms with E-state index in [2.05, 4.69) is 24.3 Å². The number of hydrogen-bond acceptors (Lipinski definition) is 6. The Kier molecular flexibility index (Phi) is 8.21. The second kappa shape index (κ2) is 12.7. The summed E-state index contributed by atoms with van der Waals surface area (Å²) >= 11 is 0. The number of hydrogen-bond donors (Lipinski definition) is 2. The lowest BCUT2D eigenvalue weighted by Crippen LogP contribution is -2.05. The molecule has 0 saturated heterocycles. The third kappa shape index (κ3) is 5.56. The van der Waals surface area contributed by atoms with Gasteiger partial charge in [-0.3, -0.25) is 0 Å². The van der Waals surface area contributed by atoms with Crippen LogP contribution in [0.4, 0.5) is 0 Å². The largest absolute Gasteiger partial charge is 0.491 e. The molecule has 44 heavy (non-hydrogen) atoms. The van der Waals surface area contributed by atoms with Crippen LogP contribution < -0.4 is 9.47 Å². The van der Waals surface area contributed by atoms with Crippen LogP contribution in [0.15, 0.2) is 109 Å². The van der Waals surface area contributed by atoms with Crippen molar-refractivity contribution in [1.82, 2.24) is 0 Å². The molecule has 6 heteroatoms. The van der Waals surface area contributed by atoms with Crippen LogP contribution in [-0.2, 0) is 0 Å². The van der Waals surface area contributed by atoms with Gasteiger partial charge in [-0.2, -0.15) is 10.5 Å². The number of aliphatic hydroxyl groups is 2. The van der Waals surface area contributed by atoms with Crippen LogP contribution in [0.2, 0.25) is 0 Å². The number of rotatable bonds is 9. The quantitative estimate of drug-likeness (QED) is 0.185. The lowest BCUT2D eigenvalue weighted by Gasteiger charge is -2.20. The molecule has 0 atom stereocenters. The number of nitriles is 2. The molecular weight excluding hydrogens is 548 g/mol. The third-order valence-electron chi connectivity index (χ3n) is 7.56. The second-order valence-corrected chi connectivity index (χ2v) is 10.3. The van der Waals surface area contributed by atoms with Gasteiger partial charge in [0.2, 0.25) is 0 Å². The molecule has 0 heterocycles. The maximum Gasteiger partial charge on any atom is 0.128 e. The summed E-state index contributed by atoms with van der Waals surface area (Å²) in [6.07, 6.45) is 0. The van der Waals surface area contributed by atoms with Crippen molar-refractivity contribution in [2.75, 3.05) is 26.4 Å². The molecule has 0 amide bonds. The maximum atomic E-state index is 9.61. The van der Waals surface area contributed by atoms with Crippen LogP contribution in [0, 0.1) is 22.7 Å². The van der Waals surface area contributed by atoms with E-state index in [0.717, 1.165) is 54.9 Å². The minimum absolute atomic E-state index is 0.120. The Bertz CT molecular complexity index is 1940. The average Bonchev–Trinajstić information content (AvgIpc) is 3.09. The molecule has 0 spiro atoms. The van der Waals surface area contributed by atoms with Crippen LogP contribution in [0.1, 0.15) is 11.1 Å². The number of aliphatic hydroxyl groups excluding tert-OH is 2. The Balaban J connectivity index is 1.59. The van der Waals surface area contributed by atoms with E-state index in [1.807, 2.05) is 84.9 Å². The fourth-order valence-electron chi connectivity index (χ4n) is 5.58. The fraction of sp³-hybridized carbons (Fsp3) is 0.105. The van der Waals surface area contributed by atoms with Gasteiger partial charge in [0.1, 0.15) is 24.7 Å². The highest BCUT2D eigenvalue weighted by Crippen LogP contribution is 2.46. The molecule has 6 aromatic rings. The van der Waals surface area contributed by atoms with E-state index in [9.17, 15) is 20.7 Å². The summed E-state index contributed by atoms with van der Waals surface area (Å²) in [6, 6.07) is 39.5. The molecule has 214 valence electrons. The Labute approximate surface area is 255 Å². The molecule has 0 aliphatic rings. The van der Waals surface area contributed by atoms with E-state index in [1.165, 1.54) is 0 Å². The second-order valence-electron chi connectivity index (χ2n) is 10.3. The molecule has 6 aromatic carbocycles. The van der Waals surface area contributed by atoms with Gasteiger partial charge in [-0.25, -0.2) is 0 Å². The van der Waals surface area contributed by atoms with Gasteiger partial charge in [0.15, 0.2) is 0 Å². The first-order chi connectivity index (χ1) is 21.6. The van der Waals surface area contributed by atoms with E-state index in [0.29, 0.717) is 22.6 Å². The van der Waals surface area contributed by atoms with E-state index in [1.54, 1.807) is 12.1 Å². The fourth-order valence-corrected chi connectivity index (χ4v) is 5.58. The number of benzene rings is 6. The summed E-state index contributed by atoms with van der Waals surface area (Å²) in [5, 5.41) is 41.8. The van der Waals surface area contributed by atoms with Crippen LogP contribution >= 0.6 is 0 Å². The highest BCUT2D eigenvalue weighted by Gasteiger charge is 2.20. The standard InChI is InChI=1S/C38H28N2O4/c39-23-25-3-1-5-27(19-25)29-7-11-33-31(21-29)9-13-35(43-17-15-41)37(33)38-34-12-8-30(28-6-2-4-26(20-28)24-40)22-32(34)10-14-36(38)44-18-16-42/h1-14,19-22,41-42H,15-18H2. The monoisotopic (exact) mass is 576 g/mol. The van der Waals surface area contributed by atoms with Crippen LogP contribution in [0.25, 0.3) is 54.9 Å². The Morgan fingerprint density at radius 1 is 0.500 bits per heavy atom. The molecular formula is C38H28N2O4. The smallest absolute Gasteiger partial charge is 0.128 e. The Morgan fingerprint density at radius 2 is 0.932 bits per heavy atom. The summed E-state index contributed by atoms with van der Waals surface area (Å²) in [5.41, 5.74) is 6.65. The number of ether oxygens (including phenoxy) is 2. The molecule has 0 unspecified atom stereocenters. The van der Waals surface area contributed by atoms with Crippen molar-refractivity contribution in [1.29, 1.82) is 10.5 Å². The zero-order valence-electron chi connectivity index (χ0n) is 23.8. The van der Waals surface area contributed by atoms with Gasteiger partial charge in [-0.15, -0.1) is 0 Å². The predicted octanol–water partition coefficient (Wildman–Crippen LogP) is 7.48. The average molecular weight is 577 g/mol. The third-order valence-corrected chi connectivity index (χ3v) is 7.56. The molecule has 0 aliphatic heterocycles. The molecule has 0 aromatic heterocycles. The highest BCUT2D eigenvalue weighted by atomic mass is 16.5. The van der Waals surface area contributed by atoms with Gasteiger partial charge in [0, 0.05) is 11.1 Å². The van der Waals surface area contributed by atoms with Crippen molar-refractivity contribution in [3.8, 4) is 57.0 Å². The van der Waals surface area contributed by atoms with Gasteiger partial charge in [-0.05, 0) is 92.3 Å². The molecule has 0 radical (unpaired) electrons. The lowest BCUT2D eigenvalue weighted by atomic mass is 9.89. The van der Waals surface area contributed by atoms with Crippen LogP contribution in [-0.4, -0.2) is 36.6 Å². The normalized spacial score (nSPS) is 10.8. The topological polar surface area (TPSA) is 106 Å². The van der Waals surface area contributed by atoms with Crippen LogP contribution in [0.3, 0.4) is 0 Å². The molecule has 6 rings (SSSR count). The first-order valence-electron chi connectivity index (χ1n) is 14.3. The van der Waals surface area contributed by atoms with Crippen LogP contribution in [0.5, 0.6) is 11.5 Å². The molecule has 0 saturated carbocycles. The SMILES string of the molecule is N#Cc1cccc(-c2ccc3c(-c4c(OCCO)ccc5cc(-c6cccc(C#N)c6)ccc45)c(OCCO)ccc3c2)c1. The van der Waals surface area contributed by atoms with Gasteiger partial charge in [-0.1, -0.05) is 60.7 Å². The van der Waals surface area contributed by atoms with E-state index >= 15 is 0 Å². The summed E-state index contributed by atoms with van der Waals surface area (Å²) in [4.78, 5) is 0. The van der Waals surface area contributed by atoms with Crippen molar-refractivity contribution in [3.05, 3.63) is 120 Å². The maximum absolute atomic E-state index is 9.61. The number of fused-ring (bicyclic) bond motifs is 2. The van der Waals surface area contributed by atoms with Gasteiger partial charge < -0.3 is 19.7 Å². The molecule has 6 nitrogen and oxygen atoms in total. The minimum Gasteiger partial charge on any atom is -0.491 e. The summed E-state index contributed by atoms with van der Waals surface area (Å²) in [7, 11) is 0. The van der Waals surface area contributed by atoms with E-state index in [4.69, 9.17) is 9.47 Å². The molecule has 0 aliphatic carbocycles. The van der Waals surface area contributed by atoms with Crippen molar-refractivity contribution >= 4 is 21.5 Å². The lowest BCUT2D eigenvalue weighted by molar-refractivity contribution is 0.200. The zero-order chi connectivity index (χ0) is 30.5. The van der Waals surface area contributed by atoms with Gasteiger partial charge >= 0.3 is 0 Å². The molecule has 0 bridgehead atoms. The highest BCUT2D eigenvalue weighted by molar-refractivity contribution is 6.11. The molecule has 2 N–H and O–H groups in total. The van der Waals surface area contributed by atoms with E-state index in [-0.39, 0.29) is 26.4 Å². The van der Waals surface area contributed by atoms with Gasteiger partial charge in [0.05, 0.1) is 36.5 Å². The summed E-state index contributed by atoms with van der Waals surface area (Å²) in [6.45, 7) is -0.0383. The number of nitrogens with zero attached hydrogens (tertiary/aromatic N) is 2. The van der Waals surface area contributed by atoms with Crippen molar-refractivity contribution in [2.24, 2.45) is 0 Å². The van der Waals surface area contributed by atoms with Crippen molar-refractivity contribution in [3.63, 3.8) is 0 Å². The first kappa shape index (κ1) is 28.5. The van der Waals surface area contributed by atoms with Crippen molar-refractivity contribution in [2.45, 2.75) is 0 Å². The zero-order valence-corrected chi connectivity index (χ0v) is 23.8. The summed E-state index contributed by atoms with van der Waals surface area (Å²) < 4.78 is 12.2. The predicted molar refractivity (Wildman–Crippen MR) is 172 cm³/mol. The molecule has 0 fully saturated rings. The minimum atomic E-state index is -0.139. The Hall–Kier alpha value is -5.66. The van der Waals surface area contributed by atoms with E-state index < -0.39 is 0 Å². The van der Waals surface area contributed by atoms with Gasteiger partial charge in [0.25, 0.3) is 0 Å². The van der Waals surface area contributed by atoms with Crippen molar-refractivity contribution < 1.29 is 19.7 Å². The summed E-state index contributed by atoms with van der Waals surface area (Å²) in [5.74, 6) is 1.19. The Morgan fingerprint density at radius 3 is 1.34 bits per heavy atom.